The van der Waals surface area contributed by atoms with E-state index in [1.807, 2.05) is 0 Å². The van der Waals surface area contributed by atoms with Crippen molar-refractivity contribution >= 4 is 17.9 Å². The van der Waals surface area contributed by atoms with Crippen LogP contribution in [-0.4, -0.2) is 37.2 Å². The number of esters is 3. The van der Waals surface area contributed by atoms with Crippen LogP contribution in [0.3, 0.4) is 0 Å². The third kappa shape index (κ3) is 66.0. The Labute approximate surface area is 499 Å². The molecule has 0 heterocycles. The van der Waals surface area contributed by atoms with Gasteiger partial charge in [0.2, 0.25) is 0 Å². The summed E-state index contributed by atoms with van der Waals surface area (Å²) in [6, 6.07) is 0. The lowest BCUT2D eigenvalue weighted by Crippen LogP contribution is -2.30. The van der Waals surface area contributed by atoms with Crippen molar-refractivity contribution in [3.05, 3.63) is 146 Å². The molecular formula is C75H122O6. The zero-order valence-electron chi connectivity index (χ0n) is 52.5. The molecule has 1 atom stereocenters. The Bertz CT molecular complexity index is 1760. The molecule has 0 aromatic heterocycles. The molecule has 0 N–H and O–H groups in total. The van der Waals surface area contributed by atoms with Gasteiger partial charge in [-0.05, 0) is 141 Å². The zero-order valence-corrected chi connectivity index (χ0v) is 52.5. The van der Waals surface area contributed by atoms with Gasteiger partial charge in [-0.15, -0.1) is 0 Å². The summed E-state index contributed by atoms with van der Waals surface area (Å²) in [7, 11) is 0. The van der Waals surface area contributed by atoms with E-state index in [1.165, 1.54) is 116 Å². The highest BCUT2D eigenvalue weighted by Crippen LogP contribution is 2.15. The smallest absolute Gasteiger partial charge is 0.306 e. The van der Waals surface area contributed by atoms with Gasteiger partial charge in [0.15, 0.2) is 6.10 Å². The van der Waals surface area contributed by atoms with E-state index in [-0.39, 0.29) is 31.1 Å². The van der Waals surface area contributed by atoms with Crippen molar-refractivity contribution in [3.63, 3.8) is 0 Å². The van der Waals surface area contributed by atoms with Gasteiger partial charge in [-0.25, -0.2) is 0 Å². The van der Waals surface area contributed by atoms with Crippen LogP contribution in [0, 0.1) is 0 Å². The van der Waals surface area contributed by atoms with Gasteiger partial charge in [0.05, 0.1) is 0 Å². The van der Waals surface area contributed by atoms with Crippen LogP contribution in [-0.2, 0) is 28.6 Å². The molecule has 1 unspecified atom stereocenters. The Balaban J connectivity index is 4.51. The number of allylic oxidation sites excluding steroid dienone is 24. The first-order valence-electron chi connectivity index (χ1n) is 33.3. The second-order valence-electron chi connectivity index (χ2n) is 21.6. The van der Waals surface area contributed by atoms with Crippen molar-refractivity contribution < 1.29 is 28.6 Å². The molecule has 0 aromatic rings. The number of unbranched alkanes of at least 4 members (excludes halogenated alkanes) is 24. The maximum atomic E-state index is 12.9. The molecular weight excluding hydrogens is 997 g/mol. The van der Waals surface area contributed by atoms with Crippen molar-refractivity contribution in [2.75, 3.05) is 13.2 Å². The maximum Gasteiger partial charge on any atom is 0.306 e. The largest absolute Gasteiger partial charge is 0.462 e. The van der Waals surface area contributed by atoms with Crippen molar-refractivity contribution in [1.82, 2.24) is 0 Å². The summed E-state index contributed by atoms with van der Waals surface area (Å²) in [5, 5.41) is 0. The van der Waals surface area contributed by atoms with Crippen molar-refractivity contribution in [2.24, 2.45) is 0 Å². The summed E-state index contributed by atoms with van der Waals surface area (Å²) in [6.07, 6.45) is 97.1. The molecule has 0 rings (SSSR count). The van der Waals surface area contributed by atoms with Gasteiger partial charge in [-0.2, -0.15) is 0 Å². The molecule has 0 aliphatic carbocycles. The Morgan fingerprint density at radius 1 is 0.259 bits per heavy atom. The number of hydrogen-bond donors (Lipinski definition) is 0. The van der Waals surface area contributed by atoms with Gasteiger partial charge in [0.25, 0.3) is 0 Å². The minimum absolute atomic E-state index is 0.102. The van der Waals surface area contributed by atoms with Gasteiger partial charge < -0.3 is 14.2 Å². The lowest BCUT2D eigenvalue weighted by atomic mass is 10.1. The Kier molecular flexibility index (Phi) is 63.9. The fraction of sp³-hybridized carbons (Fsp3) is 0.640. The van der Waals surface area contributed by atoms with Gasteiger partial charge in [-0.3, -0.25) is 14.4 Å². The fourth-order valence-corrected chi connectivity index (χ4v) is 8.88. The summed E-state index contributed by atoms with van der Waals surface area (Å²) in [5.74, 6) is -0.956. The second kappa shape index (κ2) is 67.8. The summed E-state index contributed by atoms with van der Waals surface area (Å²) in [6.45, 7) is 6.37. The Morgan fingerprint density at radius 2 is 0.481 bits per heavy atom. The molecule has 458 valence electrons. The van der Waals surface area contributed by atoms with E-state index in [4.69, 9.17) is 14.2 Å². The van der Waals surface area contributed by atoms with Crippen LogP contribution in [0.25, 0.3) is 0 Å². The molecule has 0 radical (unpaired) electrons. The second-order valence-corrected chi connectivity index (χ2v) is 21.6. The van der Waals surface area contributed by atoms with Crippen molar-refractivity contribution in [2.45, 2.75) is 297 Å². The van der Waals surface area contributed by atoms with E-state index in [1.54, 1.807) is 0 Å². The molecule has 0 aliphatic rings. The van der Waals surface area contributed by atoms with E-state index < -0.39 is 6.10 Å². The van der Waals surface area contributed by atoms with Gasteiger partial charge in [-0.1, -0.05) is 276 Å². The summed E-state index contributed by atoms with van der Waals surface area (Å²) < 4.78 is 16.9. The number of carbonyl (C=O) groups excluding carboxylic acids is 3. The highest BCUT2D eigenvalue weighted by molar-refractivity contribution is 5.71. The predicted octanol–water partition coefficient (Wildman–Crippen LogP) is 23.1. The molecule has 0 saturated carbocycles. The first-order valence-corrected chi connectivity index (χ1v) is 33.3. The minimum Gasteiger partial charge on any atom is -0.462 e. The summed E-state index contributed by atoms with van der Waals surface area (Å²) in [4.78, 5) is 38.4. The van der Waals surface area contributed by atoms with Crippen molar-refractivity contribution in [3.8, 4) is 0 Å². The number of ether oxygens (including phenoxy) is 3. The highest BCUT2D eigenvalue weighted by atomic mass is 16.6. The monoisotopic (exact) mass is 1120 g/mol. The van der Waals surface area contributed by atoms with Crippen LogP contribution in [0.1, 0.15) is 290 Å². The van der Waals surface area contributed by atoms with Crippen LogP contribution in [0.4, 0.5) is 0 Å². The number of rotatable bonds is 59. The Hall–Kier alpha value is -4.71. The molecule has 0 aromatic carbocycles. The molecule has 81 heavy (non-hydrogen) atoms. The molecule has 6 heteroatoms. The first-order chi connectivity index (χ1) is 40.0. The molecule has 0 fully saturated rings. The molecule has 6 nitrogen and oxygen atoms in total. The maximum absolute atomic E-state index is 12.9. The van der Waals surface area contributed by atoms with Crippen LogP contribution < -0.4 is 0 Å². The summed E-state index contributed by atoms with van der Waals surface area (Å²) in [5.41, 5.74) is 0. The molecule has 0 spiro atoms. The molecule has 0 saturated heterocycles. The molecule has 0 bridgehead atoms. The van der Waals surface area contributed by atoms with E-state index in [9.17, 15) is 14.4 Å². The van der Waals surface area contributed by atoms with E-state index in [0.717, 1.165) is 128 Å². The van der Waals surface area contributed by atoms with Crippen LogP contribution in [0.2, 0.25) is 0 Å². The minimum atomic E-state index is -0.811. The quantitative estimate of drug-likeness (QED) is 0.0261. The average molecular weight is 1120 g/mol. The lowest BCUT2D eigenvalue weighted by Gasteiger charge is -2.18. The SMILES string of the molecule is CC/C=C\C/C=C\C/C=C\C/C=C\C/C=C\C/C=C\CCCCC(=O)OCC(COC(=O)CCCCCCCCCCC/C=C\C/C=C\CCCCCCC)OC(=O)CCCCCCCCCC/C=C\C/C=C\C/C=C\C/C=C\CC. The highest BCUT2D eigenvalue weighted by Gasteiger charge is 2.19. The van der Waals surface area contributed by atoms with Crippen molar-refractivity contribution in [1.29, 1.82) is 0 Å². The van der Waals surface area contributed by atoms with Gasteiger partial charge in [0.1, 0.15) is 13.2 Å². The normalized spacial score (nSPS) is 13.1. The van der Waals surface area contributed by atoms with E-state index >= 15 is 0 Å². The van der Waals surface area contributed by atoms with Crippen LogP contribution >= 0.6 is 0 Å². The third-order valence-electron chi connectivity index (χ3n) is 13.8. The summed E-state index contributed by atoms with van der Waals surface area (Å²) >= 11 is 0. The van der Waals surface area contributed by atoms with Gasteiger partial charge in [0, 0.05) is 19.3 Å². The average Bonchev–Trinajstić information content (AvgIpc) is 3.47. The Morgan fingerprint density at radius 3 is 0.778 bits per heavy atom. The molecule has 0 amide bonds. The standard InChI is InChI=1S/C75H122O6/c1-4-7-10-13-16-19-22-25-28-31-34-37-40-43-46-49-52-55-58-61-64-67-73(76)79-70-72(81-75(78)69-66-63-60-57-54-51-48-45-42-39-36-33-30-27-24-21-18-15-12-9-6-3)71-80-74(77)68-65-62-59-56-53-50-47-44-41-38-35-32-29-26-23-20-17-14-11-8-5-2/h7,9-10,12,16,18-19,21,23,25-28,30,32,34-37,39,43,46,52,55,72H,4-6,8,11,13-15,17,20,22,24,29,31,33,38,40-42,44-45,47-51,53-54,56-71H2,1-3H3/b10-7-,12-9-,19-16-,21-18-,26-23-,28-25-,30-27-,35-32-,37-34-,39-36-,46-43-,55-52-. The lowest BCUT2D eigenvalue weighted by molar-refractivity contribution is -0.167. The van der Waals surface area contributed by atoms with E-state index in [2.05, 4.69) is 167 Å². The first kappa shape index (κ1) is 76.3. The number of carbonyl (C=O) groups is 3. The predicted molar refractivity (Wildman–Crippen MR) is 352 cm³/mol. The van der Waals surface area contributed by atoms with Crippen LogP contribution in [0.5, 0.6) is 0 Å². The molecule has 0 aliphatic heterocycles. The van der Waals surface area contributed by atoms with Crippen LogP contribution in [0.15, 0.2) is 146 Å². The fourth-order valence-electron chi connectivity index (χ4n) is 8.88. The zero-order chi connectivity index (χ0) is 58.5. The topological polar surface area (TPSA) is 78.9 Å². The van der Waals surface area contributed by atoms with E-state index in [0.29, 0.717) is 25.7 Å². The number of hydrogen-bond acceptors (Lipinski definition) is 6. The third-order valence-corrected chi connectivity index (χ3v) is 13.8. The van der Waals surface area contributed by atoms with Gasteiger partial charge >= 0.3 is 17.9 Å².